The Morgan fingerprint density at radius 2 is 2.04 bits per heavy atom. The van der Waals surface area contributed by atoms with Gasteiger partial charge in [0, 0.05) is 50.4 Å². The maximum Gasteiger partial charge on any atom is 0.229 e. The molecule has 4 rings (SSSR count). The van der Waals surface area contributed by atoms with Gasteiger partial charge in [-0.25, -0.2) is 4.98 Å². The van der Waals surface area contributed by atoms with Crippen LogP contribution >= 0.6 is 11.6 Å². The molecule has 2 fully saturated rings. The normalized spacial score (nSPS) is 18.6. The van der Waals surface area contributed by atoms with Gasteiger partial charge in [-0.3, -0.25) is 9.78 Å². The summed E-state index contributed by atoms with van der Waals surface area (Å²) in [4.78, 5) is 28.3. The number of amides is 1. The Labute approximate surface area is 171 Å². The SMILES string of the molecule is CN1CCCN(C(=O)C2CN(c3cncc(Cc4cccc(Cl)c4)n3)C2)CC1. The molecule has 2 aliphatic heterocycles. The number of aromatic nitrogens is 2. The summed E-state index contributed by atoms with van der Waals surface area (Å²) in [5, 5.41) is 0.727. The molecule has 0 aliphatic carbocycles. The predicted octanol–water partition coefficient (Wildman–Crippen LogP) is 2.32. The molecule has 1 aromatic heterocycles. The molecule has 2 aromatic rings. The Morgan fingerprint density at radius 3 is 2.86 bits per heavy atom. The average molecular weight is 400 g/mol. The molecule has 0 bridgehead atoms. The standard InChI is InChI=1S/C21H26ClN5O/c1-25-6-3-7-26(9-8-25)21(28)17-14-27(15-17)20-13-23-12-19(24-20)11-16-4-2-5-18(22)10-16/h2,4-5,10,12-13,17H,3,6-9,11,14-15H2,1H3. The largest absolute Gasteiger partial charge is 0.354 e. The molecule has 0 saturated carbocycles. The summed E-state index contributed by atoms with van der Waals surface area (Å²) in [5.74, 6) is 1.20. The molecule has 0 N–H and O–H groups in total. The number of rotatable bonds is 4. The number of hydrogen-bond donors (Lipinski definition) is 0. The fourth-order valence-corrected chi connectivity index (χ4v) is 4.05. The molecule has 0 radical (unpaired) electrons. The van der Waals surface area contributed by atoms with Crippen molar-refractivity contribution in [2.24, 2.45) is 5.92 Å². The van der Waals surface area contributed by atoms with Crippen molar-refractivity contribution >= 4 is 23.3 Å². The fourth-order valence-electron chi connectivity index (χ4n) is 3.84. The van der Waals surface area contributed by atoms with E-state index in [1.807, 2.05) is 29.2 Å². The Bertz CT molecular complexity index is 839. The van der Waals surface area contributed by atoms with E-state index < -0.39 is 0 Å². The van der Waals surface area contributed by atoms with E-state index in [-0.39, 0.29) is 11.8 Å². The van der Waals surface area contributed by atoms with E-state index in [1.165, 1.54) is 0 Å². The van der Waals surface area contributed by atoms with Crippen LogP contribution in [0.2, 0.25) is 5.02 Å². The molecule has 28 heavy (non-hydrogen) atoms. The summed E-state index contributed by atoms with van der Waals surface area (Å²) in [6, 6.07) is 7.80. The van der Waals surface area contributed by atoms with Crippen LogP contribution in [0.4, 0.5) is 5.82 Å². The first-order valence-electron chi connectivity index (χ1n) is 9.86. The molecule has 1 amide bonds. The molecule has 7 heteroatoms. The summed E-state index contributed by atoms with van der Waals surface area (Å²) >= 11 is 6.07. The second kappa shape index (κ2) is 8.45. The van der Waals surface area contributed by atoms with Gasteiger partial charge in [0.15, 0.2) is 0 Å². The van der Waals surface area contributed by atoms with Crippen LogP contribution in [0.25, 0.3) is 0 Å². The van der Waals surface area contributed by atoms with E-state index in [9.17, 15) is 4.79 Å². The lowest BCUT2D eigenvalue weighted by Crippen LogP contribution is -2.55. The first-order valence-corrected chi connectivity index (χ1v) is 10.2. The zero-order chi connectivity index (χ0) is 19.5. The Kier molecular flexibility index (Phi) is 5.78. The monoisotopic (exact) mass is 399 g/mol. The maximum atomic E-state index is 12.8. The van der Waals surface area contributed by atoms with Crippen molar-refractivity contribution in [3.63, 3.8) is 0 Å². The van der Waals surface area contributed by atoms with Gasteiger partial charge < -0.3 is 14.7 Å². The lowest BCUT2D eigenvalue weighted by Gasteiger charge is -2.41. The highest BCUT2D eigenvalue weighted by Crippen LogP contribution is 2.25. The van der Waals surface area contributed by atoms with E-state index in [0.29, 0.717) is 6.42 Å². The van der Waals surface area contributed by atoms with Crippen LogP contribution in [0.3, 0.4) is 0 Å². The topological polar surface area (TPSA) is 52.6 Å². The number of carbonyl (C=O) groups excluding carboxylic acids is 1. The second-order valence-electron chi connectivity index (χ2n) is 7.76. The summed E-state index contributed by atoms with van der Waals surface area (Å²) < 4.78 is 0. The smallest absolute Gasteiger partial charge is 0.229 e. The third-order valence-electron chi connectivity index (χ3n) is 5.53. The van der Waals surface area contributed by atoms with Gasteiger partial charge in [-0.2, -0.15) is 0 Å². The van der Waals surface area contributed by atoms with Crippen LogP contribution in [0.15, 0.2) is 36.7 Å². The number of anilines is 1. The van der Waals surface area contributed by atoms with Crippen molar-refractivity contribution in [3.8, 4) is 0 Å². The minimum Gasteiger partial charge on any atom is -0.354 e. The van der Waals surface area contributed by atoms with E-state index in [2.05, 4.69) is 21.8 Å². The van der Waals surface area contributed by atoms with Crippen LogP contribution < -0.4 is 4.90 Å². The van der Waals surface area contributed by atoms with Crippen LogP contribution in [0, 0.1) is 5.92 Å². The lowest BCUT2D eigenvalue weighted by atomic mass is 9.98. The fraction of sp³-hybridized carbons (Fsp3) is 0.476. The van der Waals surface area contributed by atoms with Crippen molar-refractivity contribution in [1.82, 2.24) is 19.8 Å². The number of carbonyl (C=O) groups is 1. The Hall–Kier alpha value is -2.18. The van der Waals surface area contributed by atoms with Crippen molar-refractivity contribution in [2.45, 2.75) is 12.8 Å². The summed E-state index contributed by atoms with van der Waals surface area (Å²) in [7, 11) is 2.12. The van der Waals surface area contributed by atoms with Crippen molar-refractivity contribution in [2.75, 3.05) is 51.2 Å². The van der Waals surface area contributed by atoms with Crippen molar-refractivity contribution < 1.29 is 4.79 Å². The van der Waals surface area contributed by atoms with Crippen LogP contribution in [0.1, 0.15) is 17.7 Å². The zero-order valence-corrected chi connectivity index (χ0v) is 17.0. The quantitative estimate of drug-likeness (QED) is 0.789. The molecule has 6 nitrogen and oxygen atoms in total. The molecular weight excluding hydrogens is 374 g/mol. The van der Waals surface area contributed by atoms with Gasteiger partial charge >= 0.3 is 0 Å². The molecular formula is C21H26ClN5O. The van der Waals surface area contributed by atoms with Crippen LogP contribution in [-0.2, 0) is 11.2 Å². The number of likely N-dealkylation sites (N-methyl/N-ethyl adjacent to an activating group) is 1. The first kappa shape index (κ1) is 19.2. The second-order valence-corrected chi connectivity index (χ2v) is 8.20. The summed E-state index contributed by atoms with van der Waals surface area (Å²) in [6.45, 7) is 5.17. The van der Waals surface area contributed by atoms with Crippen LogP contribution in [-0.4, -0.2) is 72.0 Å². The van der Waals surface area contributed by atoms with Crippen LogP contribution in [0.5, 0.6) is 0 Å². The molecule has 1 aromatic carbocycles. The van der Waals surface area contributed by atoms with E-state index >= 15 is 0 Å². The third-order valence-corrected chi connectivity index (χ3v) is 5.77. The van der Waals surface area contributed by atoms with E-state index in [4.69, 9.17) is 16.6 Å². The van der Waals surface area contributed by atoms with Gasteiger partial charge in [0.2, 0.25) is 5.91 Å². The van der Waals surface area contributed by atoms with Gasteiger partial charge in [0.1, 0.15) is 5.82 Å². The summed E-state index contributed by atoms with van der Waals surface area (Å²) in [5.41, 5.74) is 2.02. The Morgan fingerprint density at radius 1 is 1.18 bits per heavy atom. The first-order chi connectivity index (χ1) is 13.6. The van der Waals surface area contributed by atoms with Gasteiger partial charge in [-0.1, -0.05) is 23.7 Å². The number of hydrogen-bond acceptors (Lipinski definition) is 5. The molecule has 0 spiro atoms. The van der Waals surface area contributed by atoms with E-state index in [0.717, 1.165) is 67.8 Å². The van der Waals surface area contributed by atoms with Gasteiger partial charge in [0.25, 0.3) is 0 Å². The number of nitrogens with zero attached hydrogens (tertiary/aromatic N) is 5. The molecule has 2 aliphatic rings. The molecule has 148 valence electrons. The van der Waals surface area contributed by atoms with Gasteiger partial charge in [-0.05, 0) is 37.7 Å². The van der Waals surface area contributed by atoms with Crippen molar-refractivity contribution in [1.29, 1.82) is 0 Å². The average Bonchev–Trinajstić information content (AvgIpc) is 2.85. The number of benzene rings is 1. The molecule has 0 atom stereocenters. The molecule has 0 unspecified atom stereocenters. The summed E-state index contributed by atoms with van der Waals surface area (Å²) in [6.07, 6.45) is 5.32. The Balaban J connectivity index is 1.34. The minimum absolute atomic E-state index is 0.0711. The minimum atomic E-state index is 0.0711. The third kappa shape index (κ3) is 4.45. The van der Waals surface area contributed by atoms with E-state index in [1.54, 1.807) is 12.4 Å². The van der Waals surface area contributed by atoms with Crippen molar-refractivity contribution in [3.05, 3.63) is 52.9 Å². The molecule has 2 saturated heterocycles. The zero-order valence-electron chi connectivity index (χ0n) is 16.2. The lowest BCUT2D eigenvalue weighted by molar-refractivity contribution is -0.136. The predicted molar refractivity (Wildman–Crippen MR) is 111 cm³/mol. The molecule has 3 heterocycles. The van der Waals surface area contributed by atoms with Gasteiger partial charge in [0.05, 0.1) is 17.8 Å². The highest BCUT2D eigenvalue weighted by Gasteiger charge is 2.36. The number of halogens is 1. The van der Waals surface area contributed by atoms with Gasteiger partial charge in [-0.15, -0.1) is 0 Å². The highest BCUT2D eigenvalue weighted by molar-refractivity contribution is 6.30. The highest BCUT2D eigenvalue weighted by atomic mass is 35.5. The maximum absolute atomic E-state index is 12.8.